The summed E-state index contributed by atoms with van der Waals surface area (Å²) in [6.45, 7) is 3.00. The summed E-state index contributed by atoms with van der Waals surface area (Å²) in [6.07, 6.45) is 3.49. The molecule has 0 aliphatic carbocycles. The van der Waals surface area contributed by atoms with E-state index >= 15 is 0 Å². The minimum atomic E-state index is -3.59. The van der Waals surface area contributed by atoms with Gasteiger partial charge in [0, 0.05) is 81.9 Å². The Bertz CT molecular complexity index is 2830. The number of anilines is 3. The van der Waals surface area contributed by atoms with E-state index in [4.69, 9.17) is 21.4 Å². The van der Waals surface area contributed by atoms with Crippen molar-refractivity contribution in [1.29, 1.82) is 0 Å². The maximum Gasteiger partial charge on any atom is 0.349 e. The number of sulfonamides is 1. The quantitative estimate of drug-likeness (QED) is 0.0536. The minimum absolute atomic E-state index is 0.00932. The van der Waals surface area contributed by atoms with Gasteiger partial charge in [0.15, 0.2) is 17.2 Å². The Morgan fingerprint density at radius 2 is 1.61 bits per heavy atom. The molecule has 3 saturated heterocycles. The number of piperidine rings is 3. The van der Waals surface area contributed by atoms with Gasteiger partial charge < -0.3 is 35.8 Å². The monoisotopic (exact) mass is 962 g/mol. The predicted molar refractivity (Wildman–Crippen MR) is 252 cm³/mol. The summed E-state index contributed by atoms with van der Waals surface area (Å²) in [5.41, 5.74) is 5.02. The first-order valence-electron chi connectivity index (χ1n) is 21.8. The number of carboxylic acids is 2. The molecule has 0 saturated carbocycles. The van der Waals surface area contributed by atoms with Crippen molar-refractivity contribution in [3.05, 3.63) is 92.7 Å². The summed E-state index contributed by atoms with van der Waals surface area (Å²) in [5.74, 6) is -3.62. The number of fused-ring (bicyclic) bond motifs is 1. The van der Waals surface area contributed by atoms with Crippen LogP contribution >= 0.6 is 22.9 Å². The van der Waals surface area contributed by atoms with Gasteiger partial charge in [-0.2, -0.15) is 0 Å². The highest BCUT2D eigenvalue weighted by Gasteiger charge is 2.32. The third-order valence-corrected chi connectivity index (χ3v) is 15.8. The summed E-state index contributed by atoms with van der Waals surface area (Å²) in [6, 6.07) is 20.2. The van der Waals surface area contributed by atoms with Gasteiger partial charge in [-0.05, 0) is 85.7 Å². The second-order valence-corrected chi connectivity index (χ2v) is 20.1. The highest BCUT2D eigenvalue weighted by molar-refractivity contribution is 7.88. The molecule has 0 spiro atoms. The van der Waals surface area contributed by atoms with E-state index < -0.39 is 40.5 Å². The van der Waals surface area contributed by atoms with Crippen molar-refractivity contribution >= 4 is 84.8 Å². The van der Waals surface area contributed by atoms with Gasteiger partial charge in [-0.15, -0.1) is 11.3 Å². The number of hydrogen-bond acceptors (Lipinski definition) is 13. The molecule has 3 fully saturated rings. The van der Waals surface area contributed by atoms with Gasteiger partial charge in [-0.3, -0.25) is 24.0 Å². The number of thiophene rings is 1. The molecule has 1 unspecified atom stereocenters. The summed E-state index contributed by atoms with van der Waals surface area (Å²) >= 11 is 7.39. The van der Waals surface area contributed by atoms with Crippen LogP contribution in [0.4, 0.5) is 17.1 Å². The van der Waals surface area contributed by atoms with Crippen LogP contribution in [-0.4, -0.2) is 114 Å². The normalized spacial score (nSPS) is 17.8. The van der Waals surface area contributed by atoms with E-state index in [-0.39, 0.29) is 51.9 Å². The van der Waals surface area contributed by atoms with E-state index in [1.807, 2.05) is 54.6 Å². The van der Waals surface area contributed by atoms with Crippen molar-refractivity contribution in [2.45, 2.75) is 62.4 Å². The van der Waals surface area contributed by atoms with Crippen molar-refractivity contribution in [3.8, 4) is 16.2 Å². The maximum atomic E-state index is 13.6. The molecule has 0 radical (unpaired) electrons. The van der Waals surface area contributed by atoms with E-state index in [0.717, 1.165) is 66.4 Å². The molecule has 350 valence electrons. The molecule has 2 aromatic heterocycles. The van der Waals surface area contributed by atoms with Crippen LogP contribution in [0.15, 0.2) is 71.5 Å². The zero-order valence-electron chi connectivity index (χ0n) is 36.1. The third-order valence-electron chi connectivity index (χ3n) is 12.3. The highest BCUT2D eigenvalue weighted by atomic mass is 35.5. The van der Waals surface area contributed by atoms with Crippen LogP contribution in [0, 0.1) is 0 Å². The smallest absolute Gasteiger partial charge is 0.349 e. The van der Waals surface area contributed by atoms with Crippen LogP contribution in [0.3, 0.4) is 0 Å². The fraction of sp³-hybridized carbons (Fsp3) is 0.400. The third kappa shape index (κ3) is 10.4. The minimum Gasteiger partial charge on any atom is -0.479 e. The first kappa shape index (κ1) is 46.6. The average molecular weight is 964 g/mol. The van der Waals surface area contributed by atoms with Crippen molar-refractivity contribution in [2.75, 3.05) is 61.4 Å². The molecule has 18 nitrogen and oxygen atoms in total. The second kappa shape index (κ2) is 19.9. The number of aromatic nitrogens is 2. The Balaban J connectivity index is 0.776. The number of rotatable bonds is 17. The number of nitrogens with one attached hydrogen (secondary N) is 4. The number of imidazole rings is 1. The van der Waals surface area contributed by atoms with E-state index in [1.165, 1.54) is 8.87 Å². The largest absolute Gasteiger partial charge is 0.479 e. The number of aryl methyl sites for hydroxylation is 1. The lowest BCUT2D eigenvalue weighted by Crippen LogP contribution is -2.44. The molecule has 1 atom stereocenters. The Morgan fingerprint density at radius 1 is 0.879 bits per heavy atom. The van der Waals surface area contributed by atoms with Gasteiger partial charge in [0.1, 0.15) is 11.1 Å². The molecular weight excluding hydrogens is 912 g/mol. The van der Waals surface area contributed by atoms with Gasteiger partial charge in [-0.1, -0.05) is 35.9 Å². The number of hydrogen-bond donors (Lipinski definition) is 6. The highest BCUT2D eigenvalue weighted by Crippen LogP contribution is 2.46. The zero-order valence-corrected chi connectivity index (χ0v) is 38.5. The Kier molecular flexibility index (Phi) is 14.0. The molecule has 21 heteroatoms. The first-order valence-corrected chi connectivity index (χ1v) is 24.6. The molecule has 66 heavy (non-hydrogen) atoms. The average Bonchev–Trinajstić information content (AvgIpc) is 3.76. The molecular formula is C45H51ClN8O10S2. The fourth-order valence-electron chi connectivity index (χ4n) is 8.93. The second-order valence-electron chi connectivity index (χ2n) is 16.7. The van der Waals surface area contributed by atoms with Crippen LogP contribution < -0.4 is 36.6 Å². The standard InChI is InChI=1S/C45H51ClN8O10S2/c1-51-36-24-33(8-9-34(36)54(45(51)61)35-10-11-37(55)50-43(35)58)52-18-12-29(13-19-52)47-16-17-48-31-6-2-4-27(22-31)26-66(62,63)53-20-14-30(15-21-53)49-32-7-3-5-28(23-32)41-39(46)40(64-25-38(56)57)42(65-41)44(59)60/h2-9,22-24,29-30,35,47-49H,10-21,25-26H2,1H3,(H,56,57)(H,59,60)(H,50,55,58). The van der Waals surface area contributed by atoms with Gasteiger partial charge in [0.25, 0.3) is 0 Å². The molecule has 5 heterocycles. The SMILES string of the molecule is Cn1c(=O)n(C2CCC(=O)NC2=O)c2ccc(N3CCC(NCCNc4cccc(CS(=O)(=O)N5CCC(Nc6cccc(-c7sc(C(=O)O)c(OCC(=O)O)c7Cl)c6)CC5)c4)CC3)cc21. The fourth-order valence-corrected chi connectivity index (χ4v) is 11.9. The van der Waals surface area contributed by atoms with E-state index in [1.54, 1.807) is 23.7 Å². The summed E-state index contributed by atoms with van der Waals surface area (Å²) in [4.78, 5) is 62.9. The molecule has 2 amide bonds. The van der Waals surface area contributed by atoms with Gasteiger partial charge >= 0.3 is 17.6 Å². The number of aliphatic carboxylic acids is 1. The van der Waals surface area contributed by atoms with Crippen molar-refractivity contribution < 1.29 is 42.5 Å². The van der Waals surface area contributed by atoms with Gasteiger partial charge in [0.05, 0.1) is 21.7 Å². The number of carbonyl (C=O) groups excluding carboxylic acids is 2. The van der Waals surface area contributed by atoms with E-state index in [0.29, 0.717) is 60.0 Å². The Hall–Kier alpha value is -5.93. The molecule has 3 aliphatic heterocycles. The van der Waals surface area contributed by atoms with Crippen LogP contribution in [-0.2, 0) is 37.2 Å². The number of benzene rings is 3. The zero-order chi connectivity index (χ0) is 46.7. The van der Waals surface area contributed by atoms with Crippen LogP contribution in [0.1, 0.15) is 59.8 Å². The van der Waals surface area contributed by atoms with Crippen LogP contribution in [0.2, 0.25) is 5.02 Å². The number of carboxylic acid groups (broad SMARTS) is 2. The summed E-state index contributed by atoms with van der Waals surface area (Å²) in [7, 11) is -1.89. The number of carbonyl (C=O) groups is 4. The number of aromatic carboxylic acids is 1. The van der Waals surface area contributed by atoms with E-state index in [9.17, 15) is 37.5 Å². The Labute approximate surface area is 389 Å². The lowest BCUT2D eigenvalue weighted by Gasteiger charge is -2.34. The van der Waals surface area contributed by atoms with E-state index in [2.05, 4.69) is 26.2 Å². The number of halogens is 1. The van der Waals surface area contributed by atoms with Crippen molar-refractivity contribution in [2.24, 2.45) is 7.05 Å². The van der Waals surface area contributed by atoms with Crippen molar-refractivity contribution in [1.82, 2.24) is 24.1 Å². The summed E-state index contributed by atoms with van der Waals surface area (Å²) < 4.78 is 37.0. The lowest BCUT2D eigenvalue weighted by molar-refractivity contribution is -0.139. The maximum absolute atomic E-state index is 13.6. The summed E-state index contributed by atoms with van der Waals surface area (Å²) in [5, 5.41) is 31.6. The number of amides is 2. The predicted octanol–water partition coefficient (Wildman–Crippen LogP) is 4.94. The molecule has 3 aliphatic rings. The molecule has 8 rings (SSSR count). The first-order chi connectivity index (χ1) is 31.6. The molecule has 3 aromatic carbocycles. The van der Waals surface area contributed by atoms with Gasteiger partial charge in [-0.25, -0.2) is 27.1 Å². The molecule has 5 aromatic rings. The Morgan fingerprint density at radius 3 is 2.33 bits per heavy atom. The van der Waals surface area contributed by atoms with Gasteiger partial charge in [0.2, 0.25) is 21.8 Å². The lowest BCUT2D eigenvalue weighted by atomic mass is 10.0. The number of ether oxygens (including phenoxy) is 1. The number of imide groups is 1. The van der Waals surface area contributed by atoms with Crippen LogP contribution in [0.5, 0.6) is 5.75 Å². The van der Waals surface area contributed by atoms with Crippen LogP contribution in [0.25, 0.3) is 21.5 Å². The number of nitrogens with zero attached hydrogens (tertiary/aromatic N) is 4. The molecule has 0 bridgehead atoms. The molecule has 6 N–H and O–H groups in total. The van der Waals surface area contributed by atoms with Crippen molar-refractivity contribution in [3.63, 3.8) is 0 Å². The topological polar surface area (TPSA) is 234 Å².